The van der Waals surface area contributed by atoms with Gasteiger partial charge in [-0.15, -0.1) is 0 Å². The van der Waals surface area contributed by atoms with E-state index in [2.05, 4.69) is 26.6 Å². The standard InChI is InChI=1S/C26H35BrClN3O5/c1-3-11-29-23(33)18-19-25(35)31(12-6-4-5-7-13-32)22(26(19)14-16(27)21(18)36-26)24(34)30-20-15(2)9-8-10-17(20)28/h8-10,16,18-19,21-22,32H,3-7,11-14H2,1-2H3,(H,29,33)(H,30,34)/t16?,18-,19-,21-,22?,26?/m0/s1. The van der Waals surface area contributed by atoms with Gasteiger partial charge in [0, 0.05) is 24.5 Å². The number of rotatable bonds is 11. The monoisotopic (exact) mass is 583 g/mol. The molecule has 3 N–H and O–H groups in total. The molecule has 0 saturated carbocycles. The molecule has 0 aliphatic carbocycles. The number of nitrogens with zero attached hydrogens (tertiary/aromatic N) is 1. The molecule has 1 aromatic carbocycles. The predicted octanol–water partition coefficient (Wildman–Crippen LogP) is 3.41. The number of hydrogen-bond acceptors (Lipinski definition) is 5. The number of halogens is 2. The van der Waals surface area contributed by atoms with E-state index >= 15 is 0 Å². The fourth-order valence-corrected chi connectivity index (χ4v) is 7.28. The van der Waals surface area contributed by atoms with Crippen LogP contribution in [0.2, 0.25) is 5.02 Å². The second-order valence-electron chi connectivity index (χ2n) is 10.0. The number of hydrogen-bond donors (Lipinski definition) is 3. The third kappa shape index (κ3) is 4.79. The fourth-order valence-electron chi connectivity index (χ4n) is 6.07. The lowest BCUT2D eigenvalue weighted by Crippen LogP contribution is -2.54. The summed E-state index contributed by atoms with van der Waals surface area (Å²) in [6.07, 6.45) is 3.83. The summed E-state index contributed by atoms with van der Waals surface area (Å²) in [7, 11) is 0. The Labute approximate surface area is 225 Å². The summed E-state index contributed by atoms with van der Waals surface area (Å²) in [6, 6.07) is 4.51. The second-order valence-corrected chi connectivity index (χ2v) is 11.6. The highest BCUT2D eigenvalue weighted by Crippen LogP contribution is 2.60. The van der Waals surface area contributed by atoms with E-state index < -0.39 is 29.6 Å². The van der Waals surface area contributed by atoms with Crippen molar-refractivity contribution in [3.05, 3.63) is 28.8 Å². The Kier molecular flexibility index (Phi) is 8.64. The van der Waals surface area contributed by atoms with Crippen LogP contribution in [0.15, 0.2) is 18.2 Å². The summed E-state index contributed by atoms with van der Waals surface area (Å²) in [6.45, 7) is 4.87. The molecule has 3 saturated heterocycles. The number of carbonyl (C=O) groups is 3. The molecule has 1 spiro atoms. The number of likely N-dealkylation sites (tertiary alicyclic amines) is 1. The Hall–Kier alpha value is -1.68. The van der Waals surface area contributed by atoms with Crippen molar-refractivity contribution in [2.24, 2.45) is 11.8 Å². The number of amides is 3. The summed E-state index contributed by atoms with van der Waals surface area (Å²) >= 11 is 10.1. The summed E-state index contributed by atoms with van der Waals surface area (Å²) < 4.78 is 6.49. The first-order valence-electron chi connectivity index (χ1n) is 12.8. The van der Waals surface area contributed by atoms with Crippen molar-refractivity contribution in [1.82, 2.24) is 10.2 Å². The van der Waals surface area contributed by atoms with Crippen LogP contribution in [0.25, 0.3) is 0 Å². The molecule has 4 rings (SSSR count). The SMILES string of the molecule is CCCNC(=O)[C@H]1[C@H]2C(=O)N(CCCCCCO)C(C(=O)Nc3c(C)cccc3Cl)C23CC(Br)[C@@H]1O3. The Morgan fingerprint density at radius 1 is 1.25 bits per heavy atom. The number of ether oxygens (including phenoxy) is 1. The molecule has 3 aliphatic rings. The largest absolute Gasteiger partial charge is 0.396 e. The van der Waals surface area contributed by atoms with Crippen LogP contribution in [-0.2, 0) is 19.1 Å². The first-order chi connectivity index (χ1) is 17.3. The highest BCUT2D eigenvalue weighted by Gasteiger charge is 2.76. The number of carbonyl (C=O) groups excluding carboxylic acids is 3. The van der Waals surface area contributed by atoms with E-state index in [0.717, 1.165) is 24.8 Å². The van der Waals surface area contributed by atoms with E-state index in [9.17, 15) is 14.4 Å². The van der Waals surface area contributed by atoms with E-state index in [4.69, 9.17) is 21.4 Å². The third-order valence-corrected chi connectivity index (χ3v) is 8.83. The molecule has 3 unspecified atom stereocenters. The minimum absolute atomic E-state index is 0.131. The predicted molar refractivity (Wildman–Crippen MR) is 141 cm³/mol. The lowest BCUT2D eigenvalue weighted by Gasteiger charge is -2.34. The minimum Gasteiger partial charge on any atom is -0.396 e. The Balaban J connectivity index is 1.66. The third-order valence-electron chi connectivity index (χ3n) is 7.67. The number of fused-ring (bicyclic) bond motifs is 1. The maximum absolute atomic E-state index is 13.9. The maximum Gasteiger partial charge on any atom is 0.250 e. The summed E-state index contributed by atoms with van der Waals surface area (Å²) in [5, 5.41) is 15.4. The van der Waals surface area contributed by atoms with Crippen molar-refractivity contribution < 1.29 is 24.2 Å². The van der Waals surface area contributed by atoms with E-state index in [1.54, 1.807) is 11.0 Å². The number of para-hydroxylation sites is 1. The van der Waals surface area contributed by atoms with Gasteiger partial charge in [-0.3, -0.25) is 14.4 Å². The topological polar surface area (TPSA) is 108 Å². The highest BCUT2D eigenvalue weighted by atomic mass is 79.9. The van der Waals surface area contributed by atoms with Crippen LogP contribution in [0.1, 0.15) is 51.0 Å². The molecule has 36 heavy (non-hydrogen) atoms. The van der Waals surface area contributed by atoms with Crippen LogP contribution in [0.5, 0.6) is 0 Å². The molecular weight excluding hydrogens is 550 g/mol. The Bertz CT molecular complexity index is 990. The number of aliphatic hydroxyl groups excluding tert-OH is 1. The number of alkyl halides is 1. The number of aliphatic hydroxyl groups is 1. The zero-order chi connectivity index (χ0) is 26.0. The van der Waals surface area contributed by atoms with Crippen molar-refractivity contribution in [1.29, 1.82) is 0 Å². The lowest BCUT2D eigenvalue weighted by atomic mass is 9.70. The first-order valence-corrected chi connectivity index (χ1v) is 14.1. The normalized spacial score (nSPS) is 30.5. The molecule has 1 aromatic rings. The lowest BCUT2D eigenvalue weighted by molar-refractivity contribution is -0.140. The van der Waals surface area contributed by atoms with Gasteiger partial charge >= 0.3 is 0 Å². The average Bonchev–Trinajstić information content (AvgIpc) is 3.43. The van der Waals surface area contributed by atoms with Crippen LogP contribution in [-0.4, -0.2) is 70.0 Å². The number of benzene rings is 1. The minimum atomic E-state index is -1.09. The first kappa shape index (κ1) is 27.4. The van der Waals surface area contributed by atoms with Gasteiger partial charge in [-0.25, -0.2) is 0 Å². The van der Waals surface area contributed by atoms with Gasteiger partial charge in [0.1, 0.15) is 11.6 Å². The number of anilines is 1. The molecule has 10 heteroatoms. The van der Waals surface area contributed by atoms with E-state index in [1.165, 1.54) is 0 Å². The smallest absolute Gasteiger partial charge is 0.250 e. The molecular formula is C26H35BrClN3O5. The molecule has 198 valence electrons. The molecule has 2 bridgehead atoms. The van der Waals surface area contributed by atoms with Crippen LogP contribution in [0, 0.1) is 18.8 Å². The fraction of sp³-hybridized carbons (Fsp3) is 0.654. The van der Waals surface area contributed by atoms with Gasteiger partial charge in [-0.2, -0.15) is 0 Å². The van der Waals surface area contributed by atoms with E-state index in [-0.39, 0.29) is 29.2 Å². The summed E-state index contributed by atoms with van der Waals surface area (Å²) in [4.78, 5) is 42.5. The quantitative estimate of drug-likeness (QED) is 0.273. The summed E-state index contributed by atoms with van der Waals surface area (Å²) in [5.41, 5.74) is 0.241. The molecule has 0 aromatic heterocycles. The van der Waals surface area contributed by atoms with Gasteiger partial charge < -0.3 is 25.4 Å². The van der Waals surface area contributed by atoms with Crippen molar-refractivity contribution >= 4 is 50.9 Å². The molecule has 0 radical (unpaired) electrons. The molecule has 6 atom stereocenters. The van der Waals surface area contributed by atoms with Gasteiger partial charge in [-0.05, 0) is 44.2 Å². The Morgan fingerprint density at radius 2 is 2.00 bits per heavy atom. The maximum atomic E-state index is 13.9. The van der Waals surface area contributed by atoms with Crippen molar-refractivity contribution in [2.45, 2.75) is 74.9 Å². The van der Waals surface area contributed by atoms with Gasteiger partial charge in [0.15, 0.2) is 0 Å². The van der Waals surface area contributed by atoms with Crippen molar-refractivity contribution in [2.75, 3.05) is 25.0 Å². The van der Waals surface area contributed by atoms with Crippen LogP contribution >= 0.6 is 27.5 Å². The van der Waals surface area contributed by atoms with E-state index in [1.807, 2.05) is 26.0 Å². The molecule has 3 fully saturated rings. The van der Waals surface area contributed by atoms with Crippen LogP contribution in [0.4, 0.5) is 5.69 Å². The zero-order valence-electron chi connectivity index (χ0n) is 20.8. The average molecular weight is 585 g/mol. The number of nitrogens with one attached hydrogen (secondary N) is 2. The molecule has 3 aliphatic heterocycles. The van der Waals surface area contributed by atoms with Gasteiger partial charge in [0.2, 0.25) is 17.7 Å². The summed E-state index contributed by atoms with van der Waals surface area (Å²) in [5.74, 6) is -2.12. The number of unbranched alkanes of at least 4 members (excludes halogenated alkanes) is 3. The highest BCUT2D eigenvalue weighted by molar-refractivity contribution is 9.09. The molecule has 8 nitrogen and oxygen atoms in total. The number of aryl methyl sites for hydroxylation is 1. The molecule has 3 heterocycles. The zero-order valence-corrected chi connectivity index (χ0v) is 23.1. The van der Waals surface area contributed by atoms with Crippen LogP contribution in [0.3, 0.4) is 0 Å². The second kappa shape index (κ2) is 11.4. The van der Waals surface area contributed by atoms with E-state index in [0.29, 0.717) is 43.1 Å². The Morgan fingerprint density at radius 3 is 2.69 bits per heavy atom. The van der Waals surface area contributed by atoms with Gasteiger partial charge in [0.25, 0.3) is 0 Å². The van der Waals surface area contributed by atoms with Gasteiger partial charge in [-0.1, -0.05) is 59.4 Å². The van der Waals surface area contributed by atoms with Gasteiger partial charge in [0.05, 0.1) is 28.6 Å². The molecule has 3 amide bonds. The van der Waals surface area contributed by atoms with Crippen LogP contribution < -0.4 is 10.6 Å². The van der Waals surface area contributed by atoms with Crippen molar-refractivity contribution in [3.63, 3.8) is 0 Å². The van der Waals surface area contributed by atoms with Crippen molar-refractivity contribution in [3.8, 4) is 0 Å².